The Balaban J connectivity index is 2.88. The normalized spacial score (nSPS) is 9.00. The standard InChI is InChI=1S/C14H14O4/c1-3-18-13(15)9-8-11-6-4-5-7-12(11)10-14(16)17-2/h4-7H,3,10H2,1-2H3. The van der Waals surface area contributed by atoms with Crippen LogP contribution in [0.25, 0.3) is 0 Å². The van der Waals surface area contributed by atoms with E-state index < -0.39 is 5.97 Å². The van der Waals surface area contributed by atoms with E-state index in [9.17, 15) is 9.59 Å². The molecular weight excluding hydrogens is 232 g/mol. The minimum Gasteiger partial charge on any atom is -0.469 e. The second-order valence-corrected chi connectivity index (χ2v) is 3.38. The number of rotatable bonds is 3. The Morgan fingerprint density at radius 3 is 2.67 bits per heavy atom. The fourth-order valence-electron chi connectivity index (χ4n) is 1.31. The van der Waals surface area contributed by atoms with Crippen LogP contribution in [0.3, 0.4) is 0 Å². The van der Waals surface area contributed by atoms with Crippen molar-refractivity contribution in [2.75, 3.05) is 13.7 Å². The minimum atomic E-state index is -0.578. The van der Waals surface area contributed by atoms with Crippen molar-refractivity contribution in [2.45, 2.75) is 13.3 Å². The molecular formula is C14H14O4. The van der Waals surface area contributed by atoms with Gasteiger partial charge in [0.25, 0.3) is 0 Å². The van der Waals surface area contributed by atoms with E-state index in [2.05, 4.69) is 16.6 Å². The van der Waals surface area contributed by atoms with E-state index in [1.54, 1.807) is 31.2 Å². The number of hydrogen-bond acceptors (Lipinski definition) is 4. The molecule has 0 aliphatic rings. The number of ether oxygens (including phenoxy) is 2. The zero-order valence-electron chi connectivity index (χ0n) is 10.4. The molecule has 0 unspecified atom stereocenters. The predicted octanol–water partition coefficient (Wildman–Crippen LogP) is 1.32. The van der Waals surface area contributed by atoms with Crippen molar-refractivity contribution in [2.24, 2.45) is 0 Å². The van der Waals surface area contributed by atoms with Crippen molar-refractivity contribution in [1.82, 2.24) is 0 Å². The molecule has 4 nitrogen and oxygen atoms in total. The van der Waals surface area contributed by atoms with Crippen LogP contribution in [0.15, 0.2) is 24.3 Å². The van der Waals surface area contributed by atoms with Crippen molar-refractivity contribution in [3.63, 3.8) is 0 Å². The minimum absolute atomic E-state index is 0.129. The fraction of sp³-hybridized carbons (Fsp3) is 0.286. The highest BCUT2D eigenvalue weighted by Crippen LogP contribution is 2.08. The van der Waals surface area contributed by atoms with Gasteiger partial charge in [-0.3, -0.25) is 4.79 Å². The largest absolute Gasteiger partial charge is 0.469 e. The highest BCUT2D eigenvalue weighted by Gasteiger charge is 2.06. The van der Waals surface area contributed by atoms with Crippen LogP contribution < -0.4 is 0 Å². The molecule has 0 N–H and O–H groups in total. The van der Waals surface area contributed by atoms with Gasteiger partial charge in [0.15, 0.2) is 0 Å². The lowest BCUT2D eigenvalue weighted by Crippen LogP contribution is -2.06. The van der Waals surface area contributed by atoms with Crippen LogP contribution in [0.2, 0.25) is 0 Å². The zero-order chi connectivity index (χ0) is 13.4. The van der Waals surface area contributed by atoms with Crippen LogP contribution in [0, 0.1) is 11.8 Å². The maximum atomic E-state index is 11.2. The summed E-state index contributed by atoms with van der Waals surface area (Å²) in [4.78, 5) is 22.3. The molecule has 1 rings (SSSR count). The summed E-state index contributed by atoms with van der Waals surface area (Å²) in [5.41, 5.74) is 1.34. The Hall–Kier alpha value is -2.28. The van der Waals surface area contributed by atoms with Gasteiger partial charge in [-0.05, 0) is 18.6 Å². The summed E-state index contributed by atoms with van der Waals surface area (Å²) in [5.74, 6) is 4.14. The van der Waals surface area contributed by atoms with Crippen molar-refractivity contribution >= 4 is 11.9 Å². The zero-order valence-corrected chi connectivity index (χ0v) is 10.4. The number of hydrogen-bond donors (Lipinski definition) is 0. The summed E-state index contributed by atoms with van der Waals surface area (Å²) >= 11 is 0. The molecule has 0 fully saturated rings. The van der Waals surface area contributed by atoms with Crippen LogP contribution in [-0.2, 0) is 25.5 Å². The summed E-state index contributed by atoms with van der Waals surface area (Å²) in [6, 6.07) is 7.10. The summed E-state index contributed by atoms with van der Waals surface area (Å²) < 4.78 is 9.30. The third kappa shape index (κ3) is 4.30. The van der Waals surface area contributed by atoms with Gasteiger partial charge in [0.05, 0.1) is 20.1 Å². The van der Waals surface area contributed by atoms with Crippen molar-refractivity contribution in [3.8, 4) is 11.8 Å². The van der Waals surface area contributed by atoms with Crippen LogP contribution in [0.4, 0.5) is 0 Å². The molecule has 18 heavy (non-hydrogen) atoms. The molecule has 1 aromatic rings. The molecule has 0 saturated carbocycles. The van der Waals surface area contributed by atoms with Crippen molar-refractivity contribution in [1.29, 1.82) is 0 Å². The molecule has 0 radical (unpaired) electrons. The van der Waals surface area contributed by atoms with Gasteiger partial charge in [-0.25, -0.2) is 4.79 Å². The fourth-order valence-corrected chi connectivity index (χ4v) is 1.31. The average molecular weight is 246 g/mol. The maximum Gasteiger partial charge on any atom is 0.384 e. The van der Waals surface area contributed by atoms with E-state index >= 15 is 0 Å². The molecule has 0 aliphatic carbocycles. The van der Waals surface area contributed by atoms with Gasteiger partial charge in [0, 0.05) is 11.5 Å². The van der Waals surface area contributed by atoms with Crippen LogP contribution >= 0.6 is 0 Å². The molecule has 0 spiro atoms. The van der Waals surface area contributed by atoms with Crippen LogP contribution in [0.1, 0.15) is 18.1 Å². The molecule has 0 atom stereocenters. The number of carbonyl (C=O) groups is 2. The first-order valence-corrected chi connectivity index (χ1v) is 5.50. The number of methoxy groups -OCH3 is 1. The molecule has 0 aromatic heterocycles. The summed E-state index contributed by atoms with van der Waals surface area (Å²) in [6.45, 7) is 2.00. The molecule has 1 aromatic carbocycles. The second kappa shape index (κ2) is 7.13. The van der Waals surface area contributed by atoms with E-state index in [0.29, 0.717) is 5.56 Å². The molecule has 0 aliphatic heterocycles. The molecule has 0 saturated heterocycles. The van der Waals surface area contributed by atoms with Gasteiger partial charge in [-0.1, -0.05) is 24.1 Å². The summed E-state index contributed by atoms with van der Waals surface area (Å²) in [5, 5.41) is 0. The Morgan fingerprint density at radius 2 is 2.00 bits per heavy atom. The molecule has 0 bridgehead atoms. The smallest absolute Gasteiger partial charge is 0.384 e. The monoisotopic (exact) mass is 246 g/mol. The van der Waals surface area contributed by atoms with Gasteiger partial charge < -0.3 is 9.47 Å². The van der Waals surface area contributed by atoms with Gasteiger partial charge in [-0.15, -0.1) is 0 Å². The SMILES string of the molecule is CCOC(=O)C#Cc1ccccc1CC(=O)OC. The second-order valence-electron chi connectivity index (χ2n) is 3.38. The average Bonchev–Trinajstić information content (AvgIpc) is 2.38. The maximum absolute atomic E-state index is 11.2. The highest BCUT2D eigenvalue weighted by atomic mass is 16.5. The quantitative estimate of drug-likeness (QED) is 0.596. The van der Waals surface area contributed by atoms with E-state index in [0.717, 1.165) is 5.56 Å². The van der Waals surface area contributed by atoms with Crippen molar-refractivity contribution < 1.29 is 19.1 Å². The van der Waals surface area contributed by atoms with E-state index in [1.165, 1.54) is 7.11 Å². The Morgan fingerprint density at radius 1 is 1.28 bits per heavy atom. The lowest BCUT2D eigenvalue weighted by Gasteiger charge is -2.02. The number of esters is 2. The highest BCUT2D eigenvalue weighted by molar-refractivity contribution is 5.89. The molecule has 94 valence electrons. The first-order valence-electron chi connectivity index (χ1n) is 5.50. The lowest BCUT2D eigenvalue weighted by atomic mass is 10.1. The third-order valence-electron chi connectivity index (χ3n) is 2.15. The number of benzene rings is 1. The Kier molecular flexibility index (Phi) is 5.46. The molecule has 0 heterocycles. The Bertz CT molecular complexity index is 494. The van der Waals surface area contributed by atoms with E-state index in [1.807, 2.05) is 0 Å². The summed E-state index contributed by atoms with van der Waals surface area (Å²) in [6.07, 6.45) is 0.129. The van der Waals surface area contributed by atoms with Crippen LogP contribution in [0.5, 0.6) is 0 Å². The molecule has 0 amide bonds. The number of carbonyl (C=O) groups excluding carboxylic acids is 2. The summed E-state index contributed by atoms with van der Waals surface area (Å²) in [7, 11) is 1.33. The predicted molar refractivity (Wildman–Crippen MR) is 65.7 cm³/mol. The first-order chi connectivity index (χ1) is 8.67. The topological polar surface area (TPSA) is 52.6 Å². The first kappa shape index (κ1) is 13.8. The molecule has 4 heteroatoms. The van der Waals surface area contributed by atoms with Gasteiger partial charge in [0.1, 0.15) is 0 Å². The third-order valence-corrected chi connectivity index (χ3v) is 2.15. The Labute approximate surface area is 106 Å². The van der Waals surface area contributed by atoms with Crippen molar-refractivity contribution in [3.05, 3.63) is 35.4 Å². The van der Waals surface area contributed by atoms with Gasteiger partial charge >= 0.3 is 11.9 Å². The van der Waals surface area contributed by atoms with Crippen LogP contribution in [-0.4, -0.2) is 25.7 Å². The van der Waals surface area contributed by atoms with Gasteiger partial charge in [-0.2, -0.15) is 0 Å². The van der Waals surface area contributed by atoms with Gasteiger partial charge in [0.2, 0.25) is 0 Å². The lowest BCUT2D eigenvalue weighted by molar-refractivity contribution is -0.140. The van der Waals surface area contributed by atoms with E-state index in [4.69, 9.17) is 4.74 Å². The van der Waals surface area contributed by atoms with E-state index in [-0.39, 0.29) is 19.0 Å².